The van der Waals surface area contributed by atoms with Crippen LogP contribution in [0.5, 0.6) is 0 Å². The van der Waals surface area contributed by atoms with Gasteiger partial charge < -0.3 is 20.9 Å². The molecule has 0 aromatic heterocycles. The molecule has 7 nitrogen and oxygen atoms in total. The topological polar surface area (TPSA) is 119 Å². The number of benzene rings is 1. The molecule has 1 amide bonds. The van der Waals surface area contributed by atoms with Gasteiger partial charge in [0.2, 0.25) is 0 Å². The summed E-state index contributed by atoms with van der Waals surface area (Å²) in [6, 6.07) is 3.12. The molecule has 20 heavy (non-hydrogen) atoms. The lowest BCUT2D eigenvalue weighted by Crippen LogP contribution is -2.42. The van der Waals surface area contributed by atoms with Crippen LogP contribution in [0, 0.1) is 0 Å². The predicted octanol–water partition coefficient (Wildman–Crippen LogP) is 0.777. The quantitative estimate of drug-likeness (QED) is 0.536. The van der Waals surface area contributed by atoms with Gasteiger partial charge in [-0.15, -0.1) is 0 Å². The number of carboxylic acid groups (broad SMARTS) is 1. The molecule has 0 aliphatic heterocycles. The first-order chi connectivity index (χ1) is 9.33. The highest BCUT2D eigenvalue weighted by Gasteiger charge is 2.24. The number of nitrogens with two attached hydrogens (primary N) is 1. The number of amides is 1. The largest absolute Gasteiger partial charge is 0.480 e. The maximum absolute atomic E-state index is 11.9. The van der Waals surface area contributed by atoms with Crippen molar-refractivity contribution in [3.63, 3.8) is 0 Å². The summed E-state index contributed by atoms with van der Waals surface area (Å²) < 4.78 is 4.96. The molecule has 0 spiro atoms. The molecule has 0 bridgehead atoms. The molecule has 0 aliphatic carbocycles. The molecule has 0 unspecified atom stereocenters. The molecule has 1 rings (SSSR count). The Morgan fingerprint density at radius 2 is 2.05 bits per heavy atom. The SMILES string of the molecule is COC(=O)C[C@H](NC(=O)c1cc(N)cc(Br)c1)C(=O)O. The van der Waals surface area contributed by atoms with Crippen LogP contribution < -0.4 is 11.1 Å². The lowest BCUT2D eigenvalue weighted by Gasteiger charge is -2.13. The van der Waals surface area contributed by atoms with Crippen molar-refractivity contribution in [2.45, 2.75) is 12.5 Å². The molecule has 1 atom stereocenters. The zero-order chi connectivity index (χ0) is 15.3. The lowest BCUT2D eigenvalue weighted by molar-refractivity contribution is -0.147. The van der Waals surface area contributed by atoms with Crippen LogP contribution in [0.2, 0.25) is 0 Å². The van der Waals surface area contributed by atoms with Crippen LogP contribution in [-0.4, -0.2) is 36.1 Å². The molecule has 0 saturated carbocycles. The van der Waals surface area contributed by atoms with Crippen molar-refractivity contribution in [2.75, 3.05) is 12.8 Å². The highest BCUT2D eigenvalue weighted by atomic mass is 79.9. The van der Waals surface area contributed by atoms with E-state index in [1.807, 2.05) is 0 Å². The Kier molecular flexibility index (Phi) is 5.51. The zero-order valence-corrected chi connectivity index (χ0v) is 12.1. The number of nitrogen functional groups attached to an aromatic ring is 1. The molecule has 0 heterocycles. The van der Waals surface area contributed by atoms with Gasteiger partial charge in [0.1, 0.15) is 6.04 Å². The van der Waals surface area contributed by atoms with Gasteiger partial charge in [0.05, 0.1) is 13.5 Å². The number of hydrogen-bond acceptors (Lipinski definition) is 5. The molecular weight excluding hydrogens is 332 g/mol. The molecule has 1 aromatic rings. The van der Waals surface area contributed by atoms with Crippen molar-refractivity contribution in [2.24, 2.45) is 0 Å². The minimum atomic E-state index is -1.37. The van der Waals surface area contributed by atoms with E-state index in [-0.39, 0.29) is 5.56 Å². The molecule has 0 aliphatic rings. The first-order valence-electron chi connectivity index (χ1n) is 5.50. The number of carboxylic acids is 1. The van der Waals surface area contributed by atoms with Crippen LogP contribution in [0.1, 0.15) is 16.8 Å². The number of aliphatic carboxylic acids is 1. The normalized spacial score (nSPS) is 11.5. The monoisotopic (exact) mass is 344 g/mol. The van der Waals surface area contributed by atoms with Gasteiger partial charge in [0.15, 0.2) is 0 Å². The summed E-state index contributed by atoms with van der Waals surface area (Å²) in [5.41, 5.74) is 6.13. The Bertz CT molecular complexity index is 526. The van der Waals surface area contributed by atoms with Crippen LogP contribution in [-0.2, 0) is 14.3 Å². The summed E-state index contributed by atoms with van der Waals surface area (Å²) >= 11 is 3.18. The number of nitrogens with one attached hydrogen (secondary N) is 1. The van der Waals surface area contributed by atoms with E-state index in [9.17, 15) is 14.4 Å². The van der Waals surface area contributed by atoms with Crippen molar-refractivity contribution in [3.8, 4) is 0 Å². The molecule has 108 valence electrons. The third-order valence-electron chi connectivity index (χ3n) is 2.38. The van der Waals surface area contributed by atoms with Crippen molar-refractivity contribution in [3.05, 3.63) is 28.2 Å². The van der Waals surface area contributed by atoms with Gasteiger partial charge in [0.25, 0.3) is 5.91 Å². The van der Waals surface area contributed by atoms with Gasteiger partial charge in [0, 0.05) is 15.7 Å². The Hall–Kier alpha value is -2.09. The van der Waals surface area contributed by atoms with Gasteiger partial charge in [-0.2, -0.15) is 0 Å². The molecular formula is C12H13BrN2O5. The second kappa shape index (κ2) is 6.90. The Balaban J connectivity index is 2.85. The Morgan fingerprint density at radius 1 is 1.40 bits per heavy atom. The first kappa shape index (κ1) is 16.0. The van der Waals surface area contributed by atoms with Crippen LogP contribution in [0.4, 0.5) is 5.69 Å². The summed E-state index contributed by atoms with van der Waals surface area (Å²) in [5, 5.41) is 11.2. The van der Waals surface area contributed by atoms with E-state index in [2.05, 4.69) is 26.0 Å². The first-order valence-corrected chi connectivity index (χ1v) is 6.29. The van der Waals surface area contributed by atoms with E-state index in [0.29, 0.717) is 10.2 Å². The van der Waals surface area contributed by atoms with E-state index >= 15 is 0 Å². The van der Waals surface area contributed by atoms with E-state index in [4.69, 9.17) is 10.8 Å². The highest BCUT2D eigenvalue weighted by Crippen LogP contribution is 2.17. The van der Waals surface area contributed by atoms with Gasteiger partial charge in [-0.25, -0.2) is 4.79 Å². The number of rotatable bonds is 5. The maximum atomic E-state index is 11.9. The van der Waals surface area contributed by atoms with E-state index < -0.39 is 30.3 Å². The third-order valence-corrected chi connectivity index (χ3v) is 2.84. The minimum absolute atomic E-state index is 0.188. The number of hydrogen-bond donors (Lipinski definition) is 3. The van der Waals surface area contributed by atoms with Crippen LogP contribution >= 0.6 is 15.9 Å². The van der Waals surface area contributed by atoms with E-state index in [1.54, 1.807) is 6.07 Å². The number of carbonyl (C=O) groups is 3. The standard InChI is InChI=1S/C12H13BrN2O5/c1-20-10(16)5-9(12(18)19)15-11(17)6-2-7(13)4-8(14)3-6/h2-4,9H,5,14H2,1H3,(H,15,17)(H,18,19)/t9-/m0/s1. The average Bonchev–Trinajstić information content (AvgIpc) is 2.36. The van der Waals surface area contributed by atoms with Crippen molar-refractivity contribution >= 4 is 39.5 Å². The second-order valence-electron chi connectivity index (χ2n) is 3.92. The fourth-order valence-electron chi connectivity index (χ4n) is 1.44. The van der Waals surface area contributed by atoms with Gasteiger partial charge in [-0.05, 0) is 18.2 Å². The van der Waals surface area contributed by atoms with Gasteiger partial charge in [-0.3, -0.25) is 9.59 Å². The lowest BCUT2D eigenvalue weighted by atomic mass is 10.1. The van der Waals surface area contributed by atoms with Crippen LogP contribution in [0.15, 0.2) is 22.7 Å². The number of halogens is 1. The van der Waals surface area contributed by atoms with Crippen molar-refractivity contribution < 1.29 is 24.2 Å². The maximum Gasteiger partial charge on any atom is 0.326 e. The van der Waals surface area contributed by atoms with Crippen molar-refractivity contribution in [1.82, 2.24) is 5.32 Å². The fourth-order valence-corrected chi connectivity index (χ4v) is 1.95. The molecule has 1 aromatic carbocycles. The summed E-state index contributed by atoms with van der Waals surface area (Å²) in [4.78, 5) is 34.0. The highest BCUT2D eigenvalue weighted by molar-refractivity contribution is 9.10. The minimum Gasteiger partial charge on any atom is -0.480 e. The smallest absolute Gasteiger partial charge is 0.326 e. The summed E-state index contributed by atoms with van der Waals surface area (Å²) in [5.74, 6) is -2.70. The average molecular weight is 345 g/mol. The molecule has 0 radical (unpaired) electrons. The third kappa shape index (κ3) is 4.54. The van der Waals surface area contributed by atoms with E-state index in [1.165, 1.54) is 12.1 Å². The summed E-state index contributed by atoms with van der Waals surface area (Å²) in [6.07, 6.45) is -0.457. The van der Waals surface area contributed by atoms with Gasteiger partial charge >= 0.3 is 11.9 Å². The number of esters is 1. The number of carbonyl (C=O) groups excluding carboxylic acids is 2. The Labute approximate surface area is 123 Å². The zero-order valence-electron chi connectivity index (χ0n) is 10.6. The predicted molar refractivity (Wildman–Crippen MR) is 74.1 cm³/mol. The summed E-state index contributed by atoms with van der Waals surface area (Å²) in [6.45, 7) is 0. The second-order valence-corrected chi connectivity index (χ2v) is 4.83. The number of ether oxygens (including phenoxy) is 1. The van der Waals surface area contributed by atoms with Crippen molar-refractivity contribution in [1.29, 1.82) is 0 Å². The molecule has 4 N–H and O–H groups in total. The van der Waals surface area contributed by atoms with Crippen LogP contribution in [0.3, 0.4) is 0 Å². The Morgan fingerprint density at radius 3 is 2.55 bits per heavy atom. The van der Waals surface area contributed by atoms with Gasteiger partial charge in [-0.1, -0.05) is 15.9 Å². The number of methoxy groups -OCH3 is 1. The molecule has 0 fully saturated rings. The number of anilines is 1. The molecule has 0 saturated heterocycles. The fraction of sp³-hybridized carbons (Fsp3) is 0.250. The van der Waals surface area contributed by atoms with E-state index in [0.717, 1.165) is 7.11 Å². The van der Waals surface area contributed by atoms with Crippen LogP contribution in [0.25, 0.3) is 0 Å². The molecule has 8 heteroatoms. The summed E-state index contributed by atoms with van der Waals surface area (Å²) in [7, 11) is 1.14.